The number of hydrogen-bond acceptors (Lipinski definition) is 4. The van der Waals surface area contributed by atoms with Gasteiger partial charge in [-0.1, -0.05) is 0 Å². The van der Waals surface area contributed by atoms with E-state index in [1.165, 1.54) is 6.19 Å². The fourth-order valence-corrected chi connectivity index (χ4v) is 0.392. The van der Waals surface area contributed by atoms with Crippen LogP contribution in [0.2, 0.25) is 0 Å². The smallest absolute Gasteiger partial charge is 0.313 e. The highest BCUT2D eigenvalue weighted by molar-refractivity contribution is 5.78. The lowest BCUT2D eigenvalue weighted by Gasteiger charge is -2.05. The van der Waals surface area contributed by atoms with E-state index in [9.17, 15) is 4.79 Å². The lowest BCUT2D eigenvalue weighted by molar-refractivity contribution is 0.117. The summed E-state index contributed by atoms with van der Waals surface area (Å²) in [6.45, 7) is -0.0144. The highest BCUT2D eigenvalue weighted by atomic mass is 16.5. The van der Waals surface area contributed by atoms with E-state index in [1.54, 1.807) is 0 Å². The standard InChI is InChI=1S/C5H10N6O2/c6-1-9-4(7)10-2-13-3-11-5(8)12/h2-3H2,(H3,7,9,10)(H3,8,11,12). The van der Waals surface area contributed by atoms with Crippen molar-refractivity contribution in [2.45, 2.75) is 0 Å². The lowest BCUT2D eigenvalue weighted by atomic mass is 10.9. The second-order valence-electron chi connectivity index (χ2n) is 1.81. The molecule has 8 heteroatoms. The fourth-order valence-electron chi connectivity index (χ4n) is 0.392. The topological polar surface area (TPSA) is 139 Å². The largest absolute Gasteiger partial charge is 0.369 e. The first-order chi connectivity index (χ1) is 6.16. The van der Waals surface area contributed by atoms with Gasteiger partial charge in [0.05, 0.1) is 0 Å². The van der Waals surface area contributed by atoms with Crippen LogP contribution >= 0.6 is 0 Å². The van der Waals surface area contributed by atoms with Gasteiger partial charge in [-0.25, -0.2) is 4.79 Å². The average molecular weight is 186 g/mol. The predicted molar refractivity (Wildman–Crippen MR) is 43.9 cm³/mol. The molecule has 6 N–H and O–H groups in total. The summed E-state index contributed by atoms with van der Waals surface area (Å²) >= 11 is 0. The lowest BCUT2D eigenvalue weighted by Crippen LogP contribution is -2.36. The van der Waals surface area contributed by atoms with Gasteiger partial charge in [0.25, 0.3) is 0 Å². The van der Waals surface area contributed by atoms with Crippen LogP contribution in [0.5, 0.6) is 0 Å². The maximum absolute atomic E-state index is 10.1. The summed E-state index contributed by atoms with van der Waals surface area (Å²) in [7, 11) is 0. The molecule has 72 valence electrons. The SMILES string of the molecule is N#C/N=C(\N)NCOCNC(N)=O. The van der Waals surface area contributed by atoms with E-state index >= 15 is 0 Å². The van der Waals surface area contributed by atoms with Crippen LogP contribution in [0.15, 0.2) is 4.99 Å². The number of urea groups is 1. The number of hydrogen-bond donors (Lipinski definition) is 4. The van der Waals surface area contributed by atoms with Crippen LogP contribution in [0.25, 0.3) is 0 Å². The third-order valence-corrected chi connectivity index (χ3v) is 0.874. The quantitative estimate of drug-likeness (QED) is 0.132. The van der Waals surface area contributed by atoms with Crippen molar-refractivity contribution in [2.24, 2.45) is 16.5 Å². The van der Waals surface area contributed by atoms with E-state index in [-0.39, 0.29) is 19.4 Å². The van der Waals surface area contributed by atoms with Crippen molar-refractivity contribution < 1.29 is 9.53 Å². The van der Waals surface area contributed by atoms with Crippen molar-refractivity contribution in [3.8, 4) is 6.19 Å². The number of nitrogens with zero attached hydrogens (tertiary/aromatic N) is 2. The molecule has 0 unspecified atom stereocenters. The van der Waals surface area contributed by atoms with Crippen molar-refractivity contribution in [2.75, 3.05) is 13.5 Å². The van der Waals surface area contributed by atoms with E-state index in [0.29, 0.717) is 0 Å². The maximum Gasteiger partial charge on any atom is 0.313 e. The molecule has 0 aliphatic carbocycles. The number of aliphatic imine (C=N–C) groups is 1. The highest BCUT2D eigenvalue weighted by Gasteiger charge is 1.91. The first kappa shape index (κ1) is 11.0. The number of nitrogens with one attached hydrogen (secondary N) is 2. The zero-order chi connectivity index (χ0) is 10.1. The molecule has 0 saturated carbocycles. The second kappa shape index (κ2) is 6.68. The number of primary amides is 1. The molecular weight excluding hydrogens is 176 g/mol. The Balaban J connectivity index is 3.32. The summed E-state index contributed by atoms with van der Waals surface area (Å²) in [5.74, 6) is -0.0541. The minimum absolute atomic E-state index is 0.0251. The van der Waals surface area contributed by atoms with Gasteiger partial charge in [0, 0.05) is 0 Å². The Morgan fingerprint density at radius 1 is 1.46 bits per heavy atom. The fraction of sp³-hybridized carbons (Fsp3) is 0.400. The molecular formula is C5H10N6O2. The minimum Gasteiger partial charge on any atom is -0.369 e. The number of ether oxygens (including phenoxy) is 1. The molecule has 0 aromatic carbocycles. The molecule has 0 radical (unpaired) electrons. The number of guanidine groups is 1. The molecule has 2 amide bonds. The summed E-state index contributed by atoms with van der Waals surface area (Å²) in [6.07, 6.45) is 1.48. The average Bonchev–Trinajstić information content (AvgIpc) is 2.03. The van der Waals surface area contributed by atoms with Crippen LogP contribution in [0.4, 0.5) is 4.79 Å². The summed E-state index contributed by atoms with van der Waals surface area (Å²) < 4.78 is 4.77. The molecule has 0 fully saturated rings. The minimum atomic E-state index is -0.682. The normalized spacial score (nSPS) is 10.2. The van der Waals surface area contributed by atoms with Crippen molar-refractivity contribution >= 4 is 12.0 Å². The first-order valence-electron chi connectivity index (χ1n) is 3.24. The van der Waals surface area contributed by atoms with E-state index in [4.69, 9.17) is 21.5 Å². The number of nitrogens with two attached hydrogens (primary N) is 2. The van der Waals surface area contributed by atoms with Gasteiger partial charge in [-0.15, -0.1) is 4.99 Å². The number of carbonyl (C=O) groups excluding carboxylic acids is 1. The van der Waals surface area contributed by atoms with Crippen molar-refractivity contribution in [3.63, 3.8) is 0 Å². The van der Waals surface area contributed by atoms with Gasteiger partial charge in [-0.3, -0.25) is 0 Å². The summed E-state index contributed by atoms with van der Waals surface area (Å²) in [5, 5.41) is 12.7. The van der Waals surface area contributed by atoms with E-state index in [1.807, 2.05) is 0 Å². The van der Waals surface area contributed by atoms with Crippen LogP contribution in [0.1, 0.15) is 0 Å². The molecule has 0 saturated heterocycles. The Hall–Kier alpha value is -2.01. The molecule has 13 heavy (non-hydrogen) atoms. The van der Waals surface area contributed by atoms with Crippen LogP contribution < -0.4 is 22.1 Å². The Labute approximate surface area is 74.5 Å². The Morgan fingerprint density at radius 3 is 2.62 bits per heavy atom. The van der Waals surface area contributed by atoms with Crippen molar-refractivity contribution in [1.82, 2.24) is 10.6 Å². The zero-order valence-corrected chi connectivity index (χ0v) is 6.78. The molecule has 0 aliphatic rings. The van der Waals surface area contributed by atoms with Gasteiger partial charge in [0.15, 0.2) is 0 Å². The van der Waals surface area contributed by atoms with Gasteiger partial charge in [-0.2, -0.15) is 5.26 Å². The number of carbonyl (C=O) groups is 1. The van der Waals surface area contributed by atoms with E-state index < -0.39 is 6.03 Å². The molecule has 0 aromatic rings. The second-order valence-corrected chi connectivity index (χ2v) is 1.81. The molecule has 0 aliphatic heterocycles. The van der Waals surface area contributed by atoms with Gasteiger partial charge in [0.2, 0.25) is 12.2 Å². The Bertz CT molecular complexity index is 232. The molecule has 0 rings (SSSR count). The van der Waals surface area contributed by atoms with Gasteiger partial charge >= 0.3 is 6.03 Å². The third-order valence-electron chi connectivity index (χ3n) is 0.874. The first-order valence-corrected chi connectivity index (χ1v) is 3.24. The third kappa shape index (κ3) is 7.89. The Morgan fingerprint density at radius 2 is 2.08 bits per heavy atom. The summed E-state index contributed by atoms with van der Waals surface area (Å²) in [6, 6.07) is -0.682. The van der Waals surface area contributed by atoms with Crippen molar-refractivity contribution in [3.05, 3.63) is 0 Å². The monoisotopic (exact) mass is 186 g/mol. The summed E-state index contributed by atoms with van der Waals surface area (Å²) in [5.41, 5.74) is 9.89. The zero-order valence-electron chi connectivity index (χ0n) is 6.78. The molecule has 0 heterocycles. The number of rotatable bonds is 4. The number of nitriles is 1. The van der Waals surface area contributed by atoms with Crippen molar-refractivity contribution in [1.29, 1.82) is 5.26 Å². The van der Waals surface area contributed by atoms with Gasteiger partial charge < -0.3 is 26.8 Å². The van der Waals surface area contributed by atoms with Gasteiger partial charge in [0.1, 0.15) is 13.5 Å². The molecule has 0 bridgehead atoms. The molecule has 8 nitrogen and oxygen atoms in total. The van der Waals surface area contributed by atoms with Crippen LogP contribution in [0, 0.1) is 11.5 Å². The van der Waals surface area contributed by atoms with E-state index in [2.05, 4.69) is 15.6 Å². The predicted octanol–water partition coefficient (Wildman–Crippen LogP) is -2.03. The Kier molecular flexibility index (Phi) is 5.65. The van der Waals surface area contributed by atoms with Crippen LogP contribution in [-0.4, -0.2) is 25.5 Å². The molecule has 0 spiro atoms. The van der Waals surface area contributed by atoms with E-state index in [0.717, 1.165) is 0 Å². The summed E-state index contributed by atoms with van der Waals surface area (Å²) in [4.78, 5) is 13.3. The molecule has 0 aromatic heterocycles. The molecule has 0 atom stereocenters. The maximum atomic E-state index is 10.1. The van der Waals surface area contributed by atoms with Gasteiger partial charge in [-0.05, 0) is 0 Å². The number of amides is 2. The highest BCUT2D eigenvalue weighted by Crippen LogP contribution is 1.67. The van der Waals surface area contributed by atoms with Crippen LogP contribution in [0.3, 0.4) is 0 Å². The van der Waals surface area contributed by atoms with Crippen LogP contribution in [-0.2, 0) is 4.74 Å².